The van der Waals surface area contributed by atoms with Gasteiger partial charge in [0.1, 0.15) is 23.4 Å². The molecule has 1 aromatic carbocycles. The molecule has 0 amide bonds. The van der Waals surface area contributed by atoms with Crippen molar-refractivity contribution in [3.05, 3.63) is 48.0 Å². The fraction of sp³-hybridized carbons (Fsp3) is 0.400. The summed E-state index contributed by atoms with van der Waals surface area (Å²) in [6, 6.07) is 8.88. The third kappa shape index (κ3) is 3.80. The van der Waals surface area contributed by atoms with Gasteiger partial charge in [-0.3, -0.25) is 0 Å². The largest absolute Gasteiger partial charge is 0.472 e. The summed E-state index contributed by atoms with van der Waals surface area (Å²) in [7, 11) is 0. The van der Waals surface area contributed by atoms with Crippen LogP contribution in [0.3, 0.4) is 0 Å². The number of rotatable bonds is 4. The van der Waals surface area contributed by atoms with Gasteiger partial charge in [0.05, 0.1) is 30.8 Å². The van der Waals surface area contributed by atoms with Gasteiger partial charge in [0, 0.05) is 17.8 Å². The van der Waals surface area contributed by atoms with Gasteiger partial charge in [0.15, 0.2) is 0 Å². The quantitative estimate of drug-likeness (QED) is 0.624. The molecule has 0 spiro atoms. The highest BCUT2D eigenvalue weighted by Crippen LogP contribution is 2.35. The Morgan fingerprint density at radius 1 is 1.00 bits per heavy atom. The van der Waals surface area contributed by atoms with Crippen LogP contribution in [0.5, 0.6) is 0 Å². The summed E-state index contributed by atoms with van der Waals surface area (Å²) in [5.74, 6) is 1.25. The number of hydrogen-bond donors (Lipinski definition) is 1. The Kier molecular flexibility index (Phi) is 5.15. The van der Waals surface area contributed by atoms with E-state index < -0.39 is 0 Å². The van der Waals surface area contributed by atoms with E-state index in [1.54, 1.807) is 18.3 Å². The molecule has 2 aliphatic heterocycles. The number of benzene rings is 1. The predicted molar refractivity (Wildman–Crippen MR) is 128 cm³/mol. The van der Waals surface area contributed by atoms with E-state index >= 15 is 0 Å². The molecule has 33 heavy (non-hydrogen) atoms. The fourth-order valence-electron chi connectivity index (χ4n) is 5.11. The van der Waals surface area contributed by atoms with Gasteiger partial charge in [-0.25, -0.2) is 23.9 Å². The molecular formula is C25H27FN7+. The number of halogens is 1. The average molecular weight is 445 g/mol. The van der Waals surface area contributed by atoms with Crippen molar-refractivity contribution in [1.29, 1.82) is 0 Å². The summed E-state index contributed by atoms with van der Waals surface area (Å²) in [4.78, 5) is 11.7. The lowest BCUT2D eigenvalue weighted by Crippen LogP contribution is -2.39. The van der Waals surface area contributed by atoms with Gasteiger partial charge in [-0.2, -0.15) is 0 Å². The number of nitrogens with one attached hydrogen (secondary N) is 1. The van der Waals surface area contributed by atoms with Crippen LogP contribution in [0.15, 0.2) is 36.5 Å². The number of hydrogen-bond acceptors (Lipinski definition) is 5. The van der Waals surface area contributed by atoms with E-state index in [2.05, 4.69) is 15.2 Å². The zero-order chi connectivity index (χ0) is 22.2. The van der Waals surface area contributed by atoms with E-state index in [9.17, 15) is 4.39 Å². The molecule has 0 bridgehead atoms. The Morgan fingerprint density at radius 3 is 2.58 bits per heavy atom. The minimum Gasteiger partial charge on any atom is -0.351 e. The van der Waals surface area contributed by atoms with Crippen molar-refractivity contribution in [1.82, 2.24) is 29.3 Å². The summed E-state index contributed by atoms with van der Waals surface area (Å²) >= 11 is 0. The zero-order valence-electron chi connectivity index (χ0n) is 18.5. The van der Waals surface area contributed by atoms with Crippen LogP contribution in [0.4, 0.5) is 10.3 Å². The molecule has 2 aromatic heterocycles. The molecular weight excluding hydrogens is 417 g/mol. The van der Waals surface area contributed by atoms with Gasteiger partial charge in [-0.1, -0.05) is 17.5 Å². The monoisotopic (exact) mass is 444 g/mol. The minimum absolute atomic E-state index is 0.262. The molecule has 3 aromatic rings. The van der Waals surface area contributed by atoms with Crippen LogP contribution in [0, 0.1) is 5.82 Å². The topological polar surface area (TPSA) is 73.0 Å². The van der Waals surface area contributed by atoms with Crippen LogP contribution in [-0.2, 0) is 6.42 Å². The lowest BCUT2D eigenvalue weighted by molar-refractivity contribution is 0.488. The SMILES string of the molecule is Fc1ccc(-c2nn3c(c2-c2ccnc(NC4CCCC4)n2)CC=[N+]=C3N2CCCC2)cc1. The van der Waals surface area contributed by atoms with Crippen LogP contribution < -0.4 is 9.98 Å². The van der Waals surface area contributed by atoms with E-state index in [0.717, 1.165) is 72.9 Å². The summed E-state index contributed by atoms with van der Waals surface area (Å²) in [5.41, 5.74) is 4.48. The van der Waals surface area contributed by atoms with Gasteiger partial charge in [0.2, 0.25) is 5.95 Å². The van der Waals surface area contributed by atoms with Gasteiger partial charge < -0.3 is 5.32 Å². The number of anilines is 1. The van der Waals surface area contributed by atoms with E-state index in [1.165, 1.54) is 25.0 Å². The first-order valence-electron chi connectivity index (χ1n) is 11.9. The molecule has 1 aliphatic carbocycles. The Balaban J connectivity index is 1.47. The minimum atomic E-state index is -0.262. The molecule has 0 atom stereocenters. The highest BCUT2D eigenvalue weighted by atomic mass is 19.1. The molecule has 8 heteroatoms. The number of fused-ring (bicyclic) bond motifs is 1. The van der Waals surface area contributed by atoms with E-state index in [4.69, 9.17) is 14.8 Å². The first kappa shape index (κ1) is 20.1. The summed E-state index contributed by atoms with van der Waals surface area (Å²) in [5, 5.41) is 8.51. The van der Waals surface area contributed by atoms with Crippen molar-refractivity contribution in [2.45, 2.75) is 51.0 Å². The maximum absolute atomic E-state index is 13.7. The molecule has 1 saturated carbocycles. The van der Waals surface area contributed by atoms with Crippen LogP contribution in [-0.4, -0.2) is 56.0 Å². The fourth-order valence-corrected chi connectivity index (χ4v) is 5.11. The second-order valence-corrected chi connectivity index (χ2v) is 8.99. The molecule has 168 valence electrons. The molecule has 1 N–H and O–H groups in total. The molecule has 4 heterocycles. The van der Waals surface area contributed by atoms with Crippen molar-refractivity contribution in [3.8, 4) is 22.5 Å². The standard InChI is InChI=1S/C25H27FN7/c26-18-9-7-17(8-10-18)23-22(20-11-13-27-24(30-20)29-19-5-1-2-6-19)21-12-14-28-25(33(21)31-23)32-15-3-4-16-32/h7-11,13-14,19H,1-6,12,15-16H2,(H,27,29,30)/q+1. The molecule has 2 fully saturated rings. The van der Waals surface area contributed by atoms with E-state index in [0.29, 0.717) is 18.4 Å². The van der Waals surface area contributed by atoms with Crippen molar-refractivity contribution in [2.24, 2.45) is 0 Å². The number of nitrogens with zero attached hydrogens (tertiary/aromatic N) is 6. The van der Waals surface area contributed by atoms with Crippen LogP contribution in [0.1, 0.15) is 44.2 Å². The lowest BCUT2D eigenvalue weighted by Gasteiger charge is -2.13. The zero-order valence-corrected chi connectivity index (χ0v) is 18.5. The van der Waals surface area contributed by atoms with Crippen LogP contribution in [0.25, 0.3) is 22.5 Å². The summed E-state index contributed by atoms with van der Waals surface area (Å²) < 4.78 is 20.4. The number of likely N-dealkylation sites (tertiary alicyclic amines) is 1. The first-order chi connectivity index (χ1) is 16.3. The average Bonchev–Trinajstić information content (AvgIpc) is 3.60. The van der Waals surface area contributed by atoms with Gasteiger partial charge in [0.25, 0.3) is 0 Å². The Hall–Kier alpha value is -3.51. The molecule has 6 rings (SSSR count). The van der Waals surface area contributed by atoms with Crippen molar-refractivity contribution < 1.29 is 4.39 Å². The third-order valence-corrected chi connectivity index (χ3v) is 6.77. The van der Waals surface area contributed by atoms with Gasteiger partial charge in [-0.15, -0.1) is 5.10 Å². The first-order valence-corrected chi connectivity index (χ1v) is 11.9. The van der Waals surface area contributed by atoms with Crippen molar-refractivity contribution >= 4 is 18.1 Å². The smallest absolute Gasteiger partial charge is 0.351 e. The molecule has 7 nitrogen and oxygen atoms in total. The summed E-state index contributed by atoms with van der Waals surface area (Å²) in [6.45, 7) is 1.96. The van der Waals surface area contributed by atoms with E-state index in [-0.39, 0.29) is 5.82 Å². The summed E-state index contributed by atoms with van der Waals surface area (Å²) in [6.07, 6.45) is 11.6. The van der Waals surface area contributed by atoms with Crippen molar-refractivity contribution in [3.63, 3.8) is 0 Å². The lowest BCUT2D eigenvalue weighted by atomic mass is 10.0. The molecule has 0 unspecified atom stereocenters. The molecule has 1 saturated heterocycles. The Morgan fingerprint density at radius 2 is 1.79 bits per heavy atom. The van der Waals surface area contributed by atoms with Gasteiger partial charge >= 0.3 is 5.96 Å². The van der Waals surface area contributed by atoms with Gasteiger partial charge in [-0.05, 0) is 56.0 Å². The molecule has 0 radical (unpaired) electrons. The number of aromatic nitrogens is 4. The third-order valence-electron chi connectivity index (χ3n) is 6.77. The highest BCUT2D eigenvalue weighted by Gasteiger charge is 2.36. The second kappa shape index (κ2) is 8.45. The van der Waals surface area contributed by atoms with E-state index in [1.807, 2.05) is 17.0 Å². The predicted octanol–water partition coefficient (Wildman–Crippen LogP) is 3.49. The molecule has 3 aliphatic rings. The van der Waals surface area contributed by atoms with Crippen LogP contribution >= 0.6 is 0 Å². The van der Waals surface area contributed by atoms with Crippen molar-refractivity contribution in [2.75, 3.05) is 18.4 Å². The van der Waals surface area contributed by atoms with Crippen LogP contribution in [0.2, 0.25) is 0 Å². The normalized spacial score (nSPS) is 18.0. The highest BCUT2D eigenvalue weighted by molar-refractivity contribution is 5.93. The maximum atomic E-state index is 13.7. The second-order valence-electron chi connectivity index (χ2n) is 8.99. The Labute approximate surface area is 192 Å². The maximum Gasteiger partial charge on any atom is 0.472 e. The Bertz CT molecular complexity index is 1230.